The van der Waals surface area contributed by atoms with Crippen LogP contribution in [0.25, 0.3) is 11.1 Å². The molecule has 0 saturated heterocycles. The number of para-hydroxylation sites is 1. The molecule has 2 aliphatic carbocycles. The molecule has 53 heavy (non-hydrogen) atoms. The summed E-state index contributed by atoms with van der Waals surface area (Å²) in [6, 6.07) is 16.1. The Hall–Kier alpha value is -2.75. The number of benzene rings is 2. The second-order valence-electron chi connectivity index (χ2n) is 13.8. The lowest BCUT2D eigenvalue weighted by Crippen LogP contribution is -2.44. The first-order valence-corrected chi connectivity index (χ1v) is 21.5. The van der Waals surface area contributed by atoms with Gasteiger partial charge in [0.2, 0.25) is 5.91 Å². The van der Waals surface area contributed by atoms with Crippen LogP contribution in [-0.2, 0) is 31.6 Å². The number of aliphatic hydroxyl groups excluding tert-OH is 4. The highest BCUT2D eigenvalue weighted by molar-refractivity contribution is 7.99. The molecule has 2 aromatic carbocycles. The molecule has 14 heteroatoms. The zero-order valence-electron chi connectivity index (χ0n) is 30.1. The van der Waals surface area contributed by atoms with Crippen LogP contribution in [0.5, 0.6) is 5.75 Å². The molecule has 1 aromatic heterocycles. The van der Waals surface area contributed by atoms with Crippen LogP contribution in [0, 0.1) is 0 Å². The van der Waals surface area contributed by atoms with Crippen molar-refractivity contribution in [3.63, 3.8) is 0 Å². The zero-order valence-corrected chi connectivity index (χ0v) is 32.5. The second-order valence-corrected chi connectivity index (χ2v) is 17.9. The minimum absolute atomic E-state index is 0.0315. The fraction of sp³-hybridized carbons (Fsp3) is 0.538. The fourth-order valence-electron chi connectivity index (χ4n) is 6.04. The zero-order chi connectivity index (χ0) is 38.0. The summed E-state index contributed by atoms with van der Waals surface area (Å²) in [6.45, 7) is 1.38. The van der Waals surface area contributed by atoms with Gasteiger partial charge in [-0.1, -0.05) is 43.1 Å². The van der Waals surface area contributed by atoms with Crippen molar-refractivity contribution in [3.05, 3.63) is 77.1 Å². The molecular weight excluding hydrogens is 740 g/mol. The molecule has 1 amide bonds. The van der Waals surface area contributed by atoms with Crippen LogP contribution >= 0.6 is 23.4 Å². The number of hydrogen-bond acceptors (Lipinski definition) is 11. The standard InChI is InChI=1S/C39H51ClN2O9S2/c1-2-53(48,49)21-19-42(37(46)23-34(44)38(47)35(45)25-43)18-6-3-7-20-52-29-12-13-33(40)27(22-29)26-50-39(15-16-39)32-24-41-17-14-30(32)31-8-4-5-9-36(31)51-28-10-11-28/h4-5,8-9,12-14,17,22,24,28,34-35,38,43-45,47H,2-3,6-7,10-11,15-16,18-21,23,25-26H2,1H3. The van der Waals surface area contributed by atoms with Crippen molar-refractivity contribution in [3.8, 4) is 16.9 Å². The maximum Gasteiger partial charge on any atom is 0.225 e. The highest BCUT2D eigenvalue weighted by atomic mass is 35.5. The van der Waals surface area contributed by atoms with Crippen LogP contribution < -0.4 is 4.74 Å². The Morgan fingerprint density at radius 2 is 1.81 bits per heavy atom. The molecule has 2 aliphatic rings. The molecule has 2 fully saturated rings. The highest BCUT2D eigenvalue weighted by Crippen LogP contribution is 2.53. The minimum atomic E-state index is -3.34. The van der Waals surface area contributed by atoms with Gasteiger partial charge in [0, 0.05) is 52.3 Å². The summed E-state index contributed by atoms with van der Waals surface area (Å²) in [5, 5.41) is 39.5. The van der Waals surface area contributed by atoms with E-state index in [1.54, 1.807) is 18.7 Å². The molecule has 290 valence electrons. The number of hydrogen-bond donors (Lipinski definition) is 4. The number of sulfone groups is 1. The van der Waals surface area contributed by atoms with Crippen molar-refractivity contribution in [1.29, 1.82) is 0 Å². The molecule has 3 atom stereocenters. The lowest BCUT2D eigenvalue weighted by Gasteiger charge is -2.26. The van der Waals surface area contributed by atoms with E-state index in [2.05, 4.69) is 17.1 Å². The maximum absolute atomic E-state index is 13.0. The third-order valence-corrected chi connectivity index (χ3v) is 12.8. The lowest BCUT2D eigenvalue weighted by molar-refractivity contribution is -0.137. The molecule has 0 aliphatic heterocycles. The number of rotatable bonds is 23. The number of unbranched alkanes of at least 4 members (excludes halogenated alkanes) is 2. The molecule has 5 rings (SSSR count). The van der Waals surface area contributed by atoms with E-state index in [4.69, 9.17) is 26.2 Å². The van der Waals surface area contributed by atoms with E-state index in [0.29, 0.717) is 18.1 Å². The Kier molecular flexibility index (Phi) is 15.0. The van der Waals surface area contributed by atoms with Gasteiger partial charge in [-0.25, -0.2) is 8.42 Å². The first kappa shape index (κ1) is 41.4. The number of nitrogens with zero attached hydrogens (tertiary/aromatic N) is 2. The molecular formula is C39H51ClN2O9S2. The third-order valence-electron chi connectivity index (χ3n) is 9.70. The number of aromatic nitrogens is 1. The highest BCUT2D eigenvalue weighted by Gasteiger charge is 2.48. The van der Waals surface area contributed by atoms with Crippen molar-refractivity contribution in [2.75, 3.05) is 37.0 Å². The number of halogens is 1. The Morgan fingerprint density at radius 1 is 1.04 bits per heavy atom. The number of ether oxygens (including phenoxy) is 2. The van der Waals surface area contributed by atoms with E-state index >= 15 is 0 Å². The van der Waals surface area contributed by atoms with Crippen LogP contribution in [0.4, 0.5) is 0 Å². The molecule has 0 bridgehead atoms. The molecule has 11 nitrogen and oxygen atoms in total. The monoisotopic (exact) mass is 790 g/mol. The van der Waals surface area contributed by atoms with Gasteiger partial charge in [0.25, 0.3) is 0 Å². The quantitative estimate of drug-likeness (QED) is 0.0743. The van der Waals surface area contributed by atoms with E-state index < -0.39 is 52.7 Å². The van der Waals surface area contributed by atoms with Crippen LogP contribution in [0.3, 0.4) is 0 Å². The average Bonchev–Trinajstić information content (AvgIpc) is 4.11. The Bertz CT molecular complexity index is 1770. The van der Waals surface area contributed by atoms with Crippen molar-refractivity contribution in [2.45, 2.75) is 99.8 Å². The molecule has 2 saturated carbocycles. The van der Waals surface area contributed by atoms with Gasteiger partial charge in [-0.3, -0.25) is 9.78 Å². The molecule has 3 unspecified atom stereocenters. The van der Waals surface area contributed by atoms with E-state index in [1.165, 1.54) is 4.90 Å². The van der Waals surface area contributed by atoms with E-state index in [-0.39, 0.29) is 30.7 Å². The van der Waals surface area contributed by atoms with Gasteiger partial charge in [-0.15, -0.1) is 11.8 Å². The summed E-state index contributed by atoms with van der Waals surface area (Å²) in [6.07, 6.45) is 4.78. The van der Waals surface area contributed by atoms with Crippen molar-refractivity contribution >= 4 is 39.1 Å². The van der Waals surface area contributed by atoms with Gasteiger partial charge < -0.3 is 34.8 Å². The van der Waals surface area contributed by atoms with E-state index in [1.807, 2.05) is 48.8 Å². The smallest absolute Gasteiger partial charge is 0.225 e. The first-order chi connectivity index (χ1) is 25.4. The number of thioether (sulfide) groups is 1. The minimum Gasteiger partial charge on any atom is -0.490 e. The van der Waals surface area contributed by atoms with Crippen LogP contribution in [-0.4, -0.2) is 106 Å². The average molecular weight is 791 g/mol. The van der Waals surface area contributed by atoms with Gasteiger partial charge in [-0.05, 0) is 85.7 Å². The lowest BCUT2D eigenvalue weighted by atomic mass is 9.96. The molecule has 0 radical (unpaired) electrons. The summed E-state index contributed by atoms with van der Waals surface area (Å²) in [5.41, 5.74) is 3.62. The van der Waals surface area contributed by atoms with Gasteiger partial charge in [0.1, 0.15) is 18.0 Å². The van der Waals surface area contributed by atoms with E-state index in [0.717, 1.165) is 77.2 Å². The van der Waals surface area contributed by atoms with Gasteiger partial charge in [-0.2, -0.15) is 0 Å². The molecule has 3 aromatic rings. The van der Waals surface area contributed by atoms with Crippen LogP contribution in [0.2, 0.25) is 5.02 Å². The van der Waals surface area contributed by atoms with Gasteiger partial charge in [0.05, 0.1) is 43.2 Å². The van der Waals surface area contributed by atoms with Crippen molar-refractivity contribution < 1.29 is 43.1 Å². The molecule has 1 heterocycles. The van der Waals surface area contributed by atoms with Gasteiger partial charge in [0.15, 0.2) is 9.84 Å². The van der Waals surface area contributed by atoms with Crippen LogP contribution in [0.1, 0.15) is 69.4 Å². The summed E-state index contributed by atoms with van der Waals surface area (Å²) >= 11 is 8.34. The Balaban J connectivity index is 1.12. The molecule has 0 spiro atoms. The maximum atomic E-state index is 13.0. The SMILES string of the molecule is CCS(=O)(=O)CCN(CCCCCSc1ccc(Cl)c(COC2(c3cnccc3-c3ccccc3OC3CC3)CC2)c1)C(=O)CC(O)C(O)C(O)CO. The van der Waals surface area contributed by atoms with Crippen LogP contribution in [0.15, 0.2) is 65.8 Å². The summed E-state index contributed by atoms with van der Waals surface area (Å²) in [5.74, 6) is 0.909. The second kappa shape index (κ2) is 19.2. The fourth-order valence-corrected chi connectivity index (χ4v) is 7.98. The summed E-state index contributed by atoms with van der Waals surface area (Å²) < 4.78 is 37.2. The third kappa shape index (κ3) is 11.9. The Morgan fingerprint density at radius 3 is 2.53 bits per heavy atom. The Labute approximate surface area is 321 Å². The first-order valence-electron chi connectivity index (χ1n) is 18.3. The summed E-state index contributed by atoms with van der Waals surface area (Å²) in [4.78, 5) is 19.9. The predicted octanol–water partition coefficient (Wildman–Crippen LogP) is 5.14. The number of carbonyl (C=O) groups is 1. The molecule has 4 N–H and O–H groups in total. The summed E-state index contributed by atoms with van der Waals surface area (Å²) in [7, 11) is -3.34. The normalized spacial score (nSPS) is 16.9. The predicted molar refractivity (Wildman–Crippen MR) is 206 cm³/mol. The van der Waals surface area contributed by atoms with Gasteiger partial charge >= 0.3 is 0 Å². The van der Waals surface area contributed by atoms with Crippen molar-refractivity contribution in [2.24, 2.45) is 0 Å². The number of amides is 1. The number of pyridine rings is 1. The number of carbonyl (C=O) groups excluding carboxylic acids is 1. The largest absolute Gasteiger partial charge is 0.490 e. The number of aliphatic hydroxyl groups is 4. The topological polar surface area (TPSA) is 167 Å². The van der Waals surface area contributed by atoms with Crippen molar-refractivity contribution in [1.82, 2.24) is 9.88 Å². The van der Waals surface area contributed by atoms with E-state index in [9.17, 15) is 28.5 Å².